The third-order valence-corrected chi connectivity index (χ3v) is 10.2. The lowest BCUT2D eigenvalue weighted by Crippen LogP contribution is -2.10. The lowest BCUT2D eigenvalue weighted by atomic mass is 10.0. The molecule has 7 aromatic carbocycles. The van der Waals surface area contributed by atoms with E-state index in [9.17, 15) is 0 Å². The number of rotatable bonds is 5. The smallest absolute Gasteiger partial charge is 0.227 e. The summed E-state index contributed by atoms with van der Waals surface area (Å²) in [5.74, 6) is 0.602. The van der Waals surface area contributed by atoms with E-state index in [0.29, 0.717) is 5.89 Å². The molecule has 48 heavy (non-hydrogen) atoms. The highest BCUT2D eigenvalue weighted by atomic mass is 32.1. The number of thiophene rings is 1. The van der Waals surface area contributed by atoms with Gasteiger partial charge in [-0.1, -0.05) is 84.9 Å². The molecule has 0 unspecified atom stereocenters. The van der Waals surface area contributed by atoms with Crippen molar-refractivity contribution in [2.45, 2.75) is 0 Å². The van der Waals surface area contributed by atoms with Crippen LogP contribution >= 0.6 is 11.3 Å². The maximum absolute atomic E-state index is 6.55. The summed E-state index contributed by atoms with van der Waals surface area (Å²) in [5.41, 5.74) is 9.63. The van der Waals surface area contributed by atoms with Crippen molar-refractivity contribution in [3.8, 4) is 22.6 Å². The monoisotopic (exact) mass is 634 g/mol. The quantitative estimate of drug-likeness (QED) is 0.189. The molecular formula is C43H26N2O2S. The van der Waals surface area contributed by atoms with Crippen LogP contribution in [0.1, 0.15) is 0 Å². The average Bonchev–Trinajstić information content (AvgIpc) is 3.86. The summed E-state index contributed by atoms with van der Waals surface area (Å²) in [4.78, 5) is 7.15. The molecular weight excluding hydrogens is 609 g/mol. The highest BCUT2D eigenvalue weighted by Crippen LogP contribution is 2.46. The first kappa shape index (κ1) is 27.0. The molecule has 0 spiro atoms. The molecule has 0 saturated carbocycles. The molecule has 4 nitrogen and oxygen atoms in total. The first-order chi connectivity index (χ1) is 23.8. The van der Waals surface area contributed by atoms with Crippen molar-refractivity contribution in [3.63, 3.8) is 0 Å². The van der Waals surface area contributed by atoms with Crippen molar-refractivity contribution in [1.82, 2.24) is 4.98 Å². The Kier molecular flexibility index (Phi) is 6.01. The largest absolute Gasteiger partial charge is 0.456 e. The van der Waals surface area contributed by atoms with Crippen LogP contribution in [0.5, 0.6) is 0 Å². The van der Waals surface area contributed by atoms with Crippen molar-refractivity contribution in [2.24, 2.45) is 0 Å². The van der Waals surface area contributed by atoms with Gasteiger partial charge in [0.05, 0.1) is 11.1 Å². The molecule has 0 aliphatic carbocycles. The second-order valence-electron chi connectivity index (χ2n) is 12.0. The summed E-state index contributed by atoms with van der Waals surface area (Å²) in [6.45, 7) is 0. The van der Waals surface area contributed by atoms with E-state index in [2.05, 4.69) is 120 Å². The predicted molar refractivity (Wildman–Crippen MR) is 200 cm³/mol. The molecule has 10 rings (SSSR count). The standard InChI is InChI=1S/C43H26N2O2S/c1-3-10-27(11-4-1)28-18-20-30(21-19-28)45(35-15-9-17-39-40(35)33-14-7-8-16-38(33)48-39)31-22-23-32-37(26-31)46-36-25-24-34-42(41(32)36)47-43(44-34)29-12-5-2-6-13-29/h1-26H. The minimum absolute atomic E-state index is 0.602. The van der Waals surface area contributed by atoms with Crippen molar-refractivity contribution in [3.05, 3.63) is 158 Å². The Bertz CT molecular complexity index is 2780. The van der Waals surface area contributed by atoms with Crippen LogP contribution in [-0.4, -0.2) is 4.98 Å². The topological polar surface area (TPSA) is 42.4 Å². The van der Waals surface area contributed by atoms with E-state index in [-0.39, 0.29) is 0 Å². The Hall–Kier alpha value is -6.17. The molecule has 0 amide bonds. The van der Waals surface area contributed by atoms with Gasteiger partial charge < -0.3 is 13.7 Å². The van der Waals surface area contributed by atoms with E-state index in [4.69, 9.17) is 13.8 Å². The Balaban J connectivity index is 1.17. The van der Waals surface area contributed by atoms with Crippen molar-refractivity contribution in [2.75, 3.05) is 4.90 Å². The zero-order chi connectivity index (χ0) is 31.6. The fourth-order valence-corrected chi connectivity index (χ4v) is 8.01. The molecule has 226 valence electrons. The van der Waals surface area contributed by atoms with Gasteiger partial charge in [0.25, 0.3) is 0 Å². The minimum Gasteiger partial charge on any atom is -0.456 e. The molecule has 3 heterocycles. The summed E-state index contributed by atoms with van der Waals surface area (Å²) in [5, 5.41) is 4.43. The van der Waals surface area contributed by atoms with E-state index in [0.717, 1.165) is 55.7 Å². The molecule has 0 aliphatic rings. The highest BCUT2D eigenvalue weighted by molar-refractivity contribution is 7.26. The van der Waals surface area contributed by atoms with Gasteiger partial charge in [0.1, 0.15) is 16.7 Å². The number of hydrogen-bond donors (Lipinski definition) is 0. The van der Waals surface area contributed by atoms with Gasteiger partial charge >= 0.3 is 0 Å². The van der Waals surface area contributed by atoms with Crippen LogP contribution in [0.15, 0.2) is 167 Å². The Labute approximate surface area is 279 Å². The van der Waals surface area contributed by atoms with E-state index in [1.54, 1.807) is 0 Å². The van der Waals surface area contributed by atoms with Gasteiger partial charge in [0.15, 0.2) is 5.58 Å². The van der Waals surface area contributed by atoms with Gasteiger partial charge in [-0.25, -0.2) is 4.98 Å². The van der Waals surface area contributed by atoms with Crippen molar-refractivity contribution >= 4 is 81.6 Å². The number of furan rings is 1. The van der Waals surface area contributed by atoms with Crippen LogP contribution in [0, 0.1) is 0 Å². The number of benzene rings is 7. The van der Waals surface area contributed by atoms with Gasteiger partial charge in [0.2, 0.25) is 5.89 Å². The van der Waals surface area contributed by atoms with Gasteiger partial charge in [-0.3, -0.25) is 0 Å². The number of aromatic nitrogens is 1. The van der Waals surface area contributed by atoms with Crippen molar-refractivity contribution < 1.29 is 8.83 Å². The van der Waals surface area contributed by atoms with Gasteiger partial charge in [-0.15, -0.1) is 11.3 Å². The summed E-state index contributed by atoms with van der Waals surface area (Å²) >= 11 is 1.83. The molecule has 0 saturated heterocycles. The fourth-order valence-electron chi connectivity index (χ4n) is 6.88. The summed E-state index contributed by atoms with van der Waals surface area (Å²) in [7, 11) is 0. The fraction of sp³-hybridized carbons (Fsp3) is 0. The first-order valence-corrected chi connectivity index (χ1v) is 16.8. The van der Waals surface area contributed by atoms with Gasteiger partial charge in [-0.2, -0.15) is 0 Å². The number of hydrogen-bond acceptors (Lipinski definition) is 5. The Morgan fingerprint density at radius 2 is 1.19 bits per heavy atom. The zero-order valence-electron chi connectivity index (χ0n) is 25.6. The normalized spacial score (nSPS) is 11.8. The molecule has 0 atom stereocenters. The van der Waals surface area contributed by atoms with Crippen LogP contribution in [0.25, 0.3) is 75.8 Å². The molecule has 5 heteroatoms. The molecule has 0 bridgehead atoms. The lowest BCUT2D eigenvalue weighted by Gasteiger charge is -2.26. The van der Waals surface area contributed by atoms with Crippen LogP contribution in [0.2, 0.25) is 0 Å². The predicted octanol–water partition coefficient (Wildman–Crippen LogP) is 12.9. The third kappa shape index (κ3) is 4.25. The molecule has 3 aromatic heterocycles. The summed E-state index contributed by atoms with van der Waals surface area (Å²) in [6, 6.07) is 55.0. The maximum Gasteiger partial charge on any atom is 0.227 e. The van der Waals surface area contributed by atoms with Crippen molar-refractivity contribution in [1.29, 1.82) is 0 Å². The van der Waals surface area contributed by atoms with Crippen LogP contribution < -0.4 is 4.90 Å². The van der Waals surface area contributed by atoms with E-state index < -0.39 is 0 Å². The third-order valence-electron chi connectivity index (χ3n) is 9.11. The Morgan fingerprint density at radius 1 is 0.479 bits per heavy atom. The lowest BCUT2D eigenvalue weighted by molar-refractivity contribution is 0.622. The highest BCUT2D eigenvalue weighted by Gasteiger charge is 2.21. The first-order valence-electron chi connectivity index (χ1n) is 16.0. The summed E-state index contributed by atoms with van der Waals surface area (Å²) < 4.78 is 15.5. The van der Waals surface area contributed by atoms with E-state index in [1.165, 1.54) is 31.3 Å². The van der Waals surface area contributed by atoms with E-state index in [1.807, 2.05) is 53.8 Å². The number of fused-ring (bicyclic) bond motifs is 8. The van der Waals surface area contributed by atoms with Gasteiger partial charge in [0, 0.05) is 48.6 Å². The number of oxazole rings is 1. The zero-order valence-corrected chi connectivity index (χ0v) is 26.4. The van der Waals surface area contributed by atoms with Crippen LogP contribution in [-0.2, 0) is 0 Å². The van der Waals surface area contributed by atoms with Crippen LogP contribution in [0.4, 0.5) is 17.1 Å². The summed E-state index contributed by atoms with van der Waals surface area (Å²) in [6.07, 6.45) is 0. The number of nitrogens with zero attached hydrogens (tertiary/aromatic N) is 2. The Morgan fingerprint density at radius 3 is 2.02 bits per heavy atom. The SMILES string of the molecule is c1ccc(-c2ccc(N(c3ccc4c(c3)oc3ccc5nc(-c6ccccc6)oc5c34)c3cccc4sc5ccccc5c34)cc2)cc1. The van der Waals surface area contributed by atoms with Gasteiger partial charge in [-0.05, 0) is 77.9 Å². The van der Waals surface area contributed by atoms with Crippen LogP contribution in [0.3, 0.4) is 0 Å². The second-order valence-corrected chi connectivity index (χ2v) is 13.0. The number of anilines is 3. The molecule has 0 N–H and O–H groups in total. The molecule has 10 aromatic rings. The average molecular weight is 635 g/mol. The molecule has 0 fully saturated rings. The molecule has 0 aliphatic heterocycles. The second kappa shape index (κ2) is 10.7. The maximum atomic E-state index is 6.55. The minimum atomic E-state index is 0.602. The molecule has 0 radical (unpaired) electrons. The van der Waals surface area contributed by atoms with E-state index >= 15 is 0 Å².